The quantitative estimate of drug-likeness (QED) is 0.597. The van der Waals surface area contributed by atoms with Gasteiger partial charge in [-0.15, -0.1) is 0 Å². The lowest BCUT2D eigenvalue weighted by molar-refractivity contribution is 0.0931. The lowest BCUT2D eigenvalue weighted by Gasteiger charge is -2.34. The molecule has 7 nitrogen and oxygen atoms in total. The average Bonchev–Trinajstić information content (AvgIpc) is 2.86. The number of hydrogen-bond acceptors (Lipinski definition) is 6. The van der Waals surface area contributed by atoms with Gasteiger partial charge in [0.2, 0.25) is 0 Å². The molecule has 2 saturated heterocycles. The highest BCUT2D eigenvalue weighted by atomic mass is 35.5. The molecule has 0 radical (unpaired) electrons. The number of carbonyl (C=O) groups is 1. The first-order chi connectivity index (χ1) is 16.1. The third-order valence-electron chi connectivity index (χ3n) is 6.30. The molecule has 0 unspecified atom stereocenters. The summed E-state index contributed by atoms with van der Waals surface area (Å²) < 4.78 is 5.46. The predicted octanol–water partition coefficient (Wildman–Crippen LogP) is 4.17. The Morgan fingerprint density at radius 3 is 2.58 bits per heavy atom. The van der Waals surface area contributed by atoms with Crippen LogP contribution >= 0.6 is 23.2 Å². The van der Waals surface area contributed by atoms with Gasteiger partial charge in [-0.3, -0.25) is 4.79 Å². The van der Waals surface area contributed by atoms with Crippen LogP contribution in [0.4, 0.5) is 11.5 Å². The smallest absolute Gasteiger partial charge is 0.253 e. The van der Waals surface area contributed by atoms with Gasteiger partial charge in [-0.1, -0.05) is 29.3 Å². The number of morpholine rings is 1. The van der Waals surface area contributed by atoms with Crippen LogP contribution in [0, 0.1) is 0 Å². The molecule has 0 bridgehead atoms. The number of ether oxygens (including phenoxy) is 1. The summed E-state index contributed by atoms with van der Waals surface area (Å²) in [6.07, 6.45) is 3.28. The van der Waals surface area contributed by atoms with E-state index in [-0.39, 0.29) is 17.0 Å². The molecule has 2 aromatic carbocycles. The maximum Gasteiger partial charge on any atom is 0.253 e. The standard InChI is InChI=1S/C24H25Cl2N5O2/c25-20-3-1-2-19(22(20)26)24(32)29-16-6-8-31(9-7-16)23-18-5-4-17(14-21(18)27-15-28-23)30-10-12-33-13-11-30/h1-5,14-16H,6-13H2,(H,29,32). The summed E-state index contributed by atoms with van der Waals surface area (Å²) >= 11 is 12.3. The van der Waals surface area contributed by atoms with Crippen LogP contribution in [0.15, 0.2) is 42.7 Å². The number of anilines is 2. The third-order valence-corrected chi connectivity index (χ3v) is 7.12. The van der Waals surface area contributed by atoms with E-state index in [9.17, 15) is 4.79 Å². The highest BCUT2D eigenvalue weighted by Crippen LogP contribution is 2.30. The van der Waals surface area contributed by atoms with Gasteiger partial charge in [-0.05, 0) is 43.2 Å². The Hall–Kier alpha value is -2.61. The summed E-state index contributed by atoms with van der Waals surface area (Å²) in [5, 5.41) is 4.81. The first-order valence-electron chi connectivity index (χ1n) is 11.2. The Morgan fingerprint density at radius 1 is 1.00 bits per heavy atom. The van der Waals surface area contributed by atoms with Crippen molar-refractivity contribution in [2.75, 3.05) is 49.2 Å². The number of nitrogens with one attached hydrogen (secondary N) is 1. The largest absolute Gasteiger partial charge is 0.378 e. The molecule has 2 aliphatic heterocycles. The monoisotopic (exact) mass is 485 g/mol. The number of nitrogens with zero attached hydrogens (tertiary/aromatic N) is 4. The van der Waals surface area contributed by atoms with E-state index in [1.54, 1.807) is 24.5 Å². The maximum atomic E-state index is 12.7. The lowest BCUT2D eigenvalue weighted by atomic mass is 10.0. The van der Waals surface area contributed by atoms with E-state index < -0.39 is 0 Å². The molecule has 3 aromatic rings. The van der Waals surface area contributed by atoms with Crippen LogP contribution in [0.1, 0.15) is 23.2 Å². The molecule has 1 amide bonds. The van der Waals surface area contributed by atoms with Crippen molar-refractivity contribution in [3.63, 3.8) is 0 Å². The summed E-state index contributed by atoms with van der Waals surface area (Å²) in [5.74, 6) is 0.750. The van der Waals surface area contributed by atoms with E-state index in [2.05, 4.69) is 43.3 Å². The van der Waals surface area contributed by atoms with Crippen molar-refractivity contribution in [1.82, 2.24) is 15.3 Å². The third kappa shape index (κ3) is 4.71. The molecule has 33 heavy (non-hydrogen) atoms. The van der Waals surface area contributed by atoms with Gasteiger partial charge in [0, 0.05) is 43.3 Å². The molecule has 0 aliphatic carbocycles. The van der Waals surface area contributed by atoms with Gasteiger partial charge in [0.1, 0.15) is 12.1 Å². The summed E-state index contributed by atoms with van der Waals surface area (Å²) in [6, 6.07) is 11.6. The Bertz CT molecular complexity index is 1160. The van der Waals surface area contributed by atoms with E-state index >= 15 is 0 Å². The number of piperidine rings is 1. The second kappa shape index (κ2) is 9.71. The highest BCUT2D eigenvalue weighted by molar-refractivity contribution is 6.43. The topological polar surface area (TPSA) is 70.6 Å². The number of aromatic nitrogens is 2. The van der Waals surface area contributed by atoms with Gasteiger partial charge in [0.15, 0.2) is 0 Å². The molecule has 1 aromatic heterocycles. The highest BCUT2D eigenvalue weighted by Gasteiger charge is 2.24. The Balaban J connectivity index is 1.26. The van der Waals surface area contributed by atoms with Gasteiger partial charge in [0.05, 0.1) is 34.3 Å². The lowest BCUT2D eigenvalue weighted by Crippen LogP contribution is -2.45. The molecular weight excluding hydrogens is 461 g/mol. The molecule has 1 N–H and O–H groups in total. The van der Waals surface area contributed by atoms with Crippen molar-refractivity contribution in [2.45, 2.75) is 18.9 Å². The zero-order valence-corrected chi connectivity index (χ0v) is 19.6. The van der Waals surface area contributed by atoms with Crippen LogP contribution in [0.3, 0.4) is 0 Å². The van der Waals surface area contributed by atoms with Crippen LogP contribution < -0.4 is 15.1 Å². The summed E-state index contributed by atoms with van der Waals surface area (Å²) in [7, 11) is 0. The fourth-order valence-electron chi connectivity index (χ4n) is 4.48. The molecule has 9 heteroatoms. The maximum absolute atomic E-state index is 12.7. The molecule has 2 aliphatic rings. The zero-order chi connectivity index (χ0) is 22.8. The summed E-state index contributed by atoms with van der Waals surface area (Å²) in [5.41, 5.74) is 2.51. The molecular formula is C24H25Cl2N5O2. The number of carbonyl (C=O) groups excluding carboxylic acids is 1. The van der Waals surface area contributed by atoms with Crippen LogP contribution in [-0.2, 0) is 4.74 Å². The number of benzene rings is 2. The van der Waals surface area contributed by atoms with Gasteiger partial charge in [-0.2, -0.15) is 0 Å². The van der Waals surface area contributed by atoms with Crippen LogP contribution in [0.5, 0.6) is 0 Å². The zero-order valence-electron chi connectivity index (χ0n) is 18.1. The van der Waals surface area contributed by atoms with Crippen LogP contribution in [-0.4, -0.2) is 61.3 Å². The molecule has 0 saturated carbocycles. The minimum atomic E-state index is -0.191. The number of halogens is 2. The van der Waals surface area contributed by atoms with E-state index in [1.165, 1.54) is 0 Å². The van der Waals surface area contributed by atoms with Crippen molar-refractivity contribution in [2.24, 2.45) is 0 Å². The van der Waals surface area contributed by atoms with Crippen molar-refractivity contribution in [3.05, 3.63) is 58.3 Å². The van der Waals surface area contributed by atoms with E-state index in [1.807, 2.05) is 0 Å². The normalized spacial score (nSPS) is 17.4. The van der Waals surface area contributed by atoms with Gasteiger partial charge >= 0.3 is 0 Å². The second-order valence-electron chi connectivity index (χ2n) is 8.33. The Kier molecular flexibility index (Phi) is 6.53. The number of amides is 1. The van der Waals surface area contributed by atoms with Gasteiger partial charge < -0.3 is 19.9 Å². The number of hydrogen-bond donors (Lipinski definition) is 1. The van der Waals surface area contributed by atoms with Crippen molar-refractivity contribution in [3.8, 4) is 0 Å². The van der Waals surface area contributed by atoms with Crippen LogP contribution in [0.25, 0.3) is 10.9 Å². The molecule has 172 valence electrons. The predicted molar refractivity (Wildman–Crippen MR) is 132 cm³/mol. The summed E-state index contributed by atoms with van der Waals surface area (Å²) in [4.78, 5) is 26.4. The SMILES string of the molecule is O=C(NC1CCN(c2ncnc3cc(N4CCOCC4)ccc23)CC1)c1cccc(Cl)c1Cl. The van der Waals surface area contributed by atoms with E-state index in [4.69, 9.17) is 27.9 Å². The molecule has 0 atom stereocenters. The average molecular weight is 486 g/mol. The first-order valence-corrected chi connectivity index (χ1v) is 11.9. The van der Waals surface area contributed by atoms with Gasteiger partial charge in [-0.25, -0.2) is 9.97 Å². The molecule has 3 heterocycles. The fourth-order valence-corrected chi connectivity index (χ4v) is 4.87. The molecule has 0 spiro atoms. The minimum absolute atomic E-state index is 0.0739. The Labute approximate surface area is 202 Å². The number of fused-ring (bicyclic) bond motifs is 1. The fraction of sp³-hybridized carbons (Fsp3) is 0.375. The number of rotatable bonds is 4. The second-order valence-corrected chi connectivity index (χ2v) is 9.12. The van der Waals surface area contributed by atoms with E-state index in [0.717, 1.165) is 74.6 Å². The van der Waals surface area contributed by atoms with E-state index in [0.29, 0.717) is 10.6 Å². The van der Waals surface area contributed by atoms with Gasteiger partial charge in [0.25, 0.3) is 5.91 Å². The van der Waals surface area contributed by atoms with Crippen LogP contribution in [0.2, 0.25) is 10.0 Å². The molecule has 2 fully saturated rings. The Morgan fingerprint density at radius 2 is 1.79 bits per heavy atom. The van der Waals surface area contributed by atoms with Crippen molar-refractivity contribution in [1.29, 1.82) is 0 Å². The minimum Gasteiger partial charge on any atom is -0.378 e. The summed E-state index contributed by atoms with van der Waals surface area (Å²) in [6.45, 7) is 4.88. The van der Waals surface area contributed by atoms with Crippen molar-refractivity contribution < 1.29 is 9.53 Å². The molecule has 5 rings (SSSR count). The first kappa shape index (κ1) is 22.2. The van der Waals surface area contributed by atoms with Crippen molar-refractivity contribution >= 4 is 51.5 Å².